The lowest BCUT2D eigenvalue weighted by Crippen LogP contribution is -2.29. The summed E-state index contributed by atoms with van der Waals surface area (Å²) in [5.41, 5.74) is 0. The number of rotatable bonds is 3. The number of aromatic nitrogens is 1. The molecule has 1 atom stereocenters. The van der Waals surface area contributed by atoms with E-state index in [0.29, 0.717) is 22.3 Å². The fourth-order valence-electron chi connectivity index (χ4n) is 1.16. The molecule has 16 heavy (non-hydrogen) atoms. The third kappa shape index (κ3) is 2.91. The molecule has 1 aromatic rings. The maximum Gasteiger partial charge on any atom is 0.150 e. The Morgan fingerprint density at radius 2 is 2.06 bits per heavy atom. The van der Waals surface area contributed by atoms with Crippen molar-refractivity contribution in [3.63, 3.8) is 0 Å². The van der Waals surface area contributed by atoms with E-state index in [1.165, 1.54) is 0 Å². The van der Waals surface area contributed by atoms with E-state index in [-0.39, 0.29) is 11.2 Å². The largest absolute Gasteiger partial charge is 0.355 e. The van der Waals surface area contributed by atoms with E-state index in [1.807, 2.05) is 6.92 Å². The molecular formula is C10H10Cl3N3. The van der Waals surface area contributed by atoms with Crippen molar-refractivity contribution in [2.24, 2.45) is 0 Å². The second-order valence-corrected chi connectivity index (χ2v) is 4.56. The van der Waals surface area contributed by atoms with Gasteiger partial charge in [-0.2, -0.15) is 5.26 Å². The Labute approximate surface area is 110 Å². The Balaban J connectivity index is 3.04. The second kappa shape index (κ2) is 5.58. The number of hydrogen-bond donors (Lipinski definition) is 0. The smallest absolute Gasteiger partial charge is 0.150 e. The number of nitrogens with zero attached hydrogens (tertiary/aromatic N) is 3. The van der Waals surface area contributed by atoms with Crippen LogP contribution in [0.3, 0.4) is 0 Å². The van der Waals surface area contributed by atoms with Crippen molar-refractivity contribution in [1.29, 1.82) is 5.26 Å². The van der Waals surface area contributed by atoms with Crippen LogP contribution in [0.5, 0.6) is 0 Å². The zero-order valence-electron chi connectivity index (χ0n) is 8.84. The van der Waals surface area contributed by atoms with Crippen LogP contribution in [0.2, 0.25) is 15.2 Å². The van der Waals surface area contributed by atoms with Gasteiger partial charge in [-0.1, -0.05) is 34.8 Å². The summed E-state index contributed by atoms with van der Waals surface area (Å²) in [4.78, 5) is 5.89. The molecule has 0 aliphatic heterocycles. The maximum absolute atomic E-state index is 8.62. The van der Waals surface area contributed by atoms with Crippen molar-refractivity contribution in [3.8, 4) is 6.07 Å². The van der Waals surface area contributed by atoms with Gasteiger partial charge >= 0.3 is 0 Å². The molecule has 1 heterocycles. The van der Waals surface area contributed by atoms with E-state index >= 15 is 0 Å². The predicted molar refractivity (Wildman–Crippen MR) is 67.4 cm³/mol. The highest BCUT2D eigenvalue weighted by atomic mass is 35.5. The monoisotopic (exact) mass is 277 g/mol. The summed E-state index contributed by atoms with van der Waals surface area (Å²) in [7, 11) is 1.81. The van der Waals surface area contributed by atoms with E-state index in [9.17, 15) is 0 Å². The molecule has 3 nitrogen and oxygen atoms in total. The molecule has 1 unspecified atom stereocenters. The molecule has 0 fully saturated rings. The van der Waals surface area contributed by atoms with Gasteiger partial charge < -0.3 is 4.90 Å². The van der Waals surface area contributed by atoms with Crippen LogP contribution in [0.1, 0.15) is 13.3 Å². The average molecular weight is 279 g/mol. The summed E-state index contributed by atoms with van der Waals surface area (Å²) >= 11 is 17.6. The first-order valence-electron chi connectivity index (χ1n) is 4.58. The molecule has 0 saturated heterocycles. The summed E-state index contributed by atoms with van der Waals surface area (Å²) in [6.07, 6.45) is 0.384. The zero-order chi connectivity index (χ0) is 12.3. The van der Waals surface area contributed by atoms with Crippen LogP contribution in [0.25, 0.3) is 0 Å². The zero-order valence-corrected chi connectivity index (χ0v) is 11.1. The lowest BCUT2D eigenvalue weighted by molar-refractivity contribution is 0.694. The van der Waals surface area contributed by atoms with Gasteiger partial charge in [0.1, 0.15) is 11.0 Å². The van der Waals surface area contributed by atoms with Crippen molar-refractivity contribution in [1.82, 2.24) is 4.98 Å². The van der Waals surface area contributed by atoms with Crippen LogP contribution in [-0.4, -0.2) is 18.1 Å². The normalized spacial score (nSPS) is 12.0. The number of hydrogen-bond acceptors (Lipinski definition) is 3. The minimum absolute atomic E-state index is 0.00671. The first kappa shape index (κ1) is 13.4. The van der Waals surface area contributed by atoms with Gasteiger partial charge in [0, 0.05) is 13.1 Å². The number of anilines is 1. The number of pyridine rings is 1. The Morgan fingerprint density at radius 3 is 2.62 bits per heavy atom. The van der Waals surface area contributed by atoms with Crippen molar-refractivity contribution in [2.75, 3.05) is 11.9 Å². The molecule has 0 amide bonds. The standard InChI is InChI=1S/C10H10Cl3N3/c1-6(3-4-14)16(2)10-8(12)5-7(11)9(13)15-10/h5-6H,3H2,1-2H3. The molecule has 0 aliphatic carbocycles. The highest BCUT2D eigenvalue weighted by Gasteiger charge is 2.16. The van der Waals surface area contributed by atoms with Crippen molar-refractivity contribution >= 4 is 40.6 Å². The fraction of sp³-hybridized carbons (Fsp3) is 0.400. The first-order valence-corrected chi connectivity index (χ1v) is 5.72. The number of halogens is 3. The summed E-state index contributed by atoms with van der Waals surface area (Å²) in [6, 6.07) is 3.64. The first-order chi connectivity index (χ1) is 7.47. The topological polar surface area (TPSA) is 39.9 Å². The third-order valence-corrected chi connectivity index (χ3v) is 3.20. The lowest BCUT2D eigenvalue weighted by Gasteiger charge is -2.25. The van der Waals surface area contributed by atoms with Crippen molar-refractivity contribution in [3.05, 3.63) is 21.3 Å². The molecule has 0 radical (unpaired) electrons. The van der Waals surface area contributed by atoms with E-state index < -0.39 is 0 Å². The van der Waals surface area contributed by atoms with Gasteiger partial charge in [0.05, 0.1) is 22.5 Å². The molecule has 0 aliphatic rings. The second-order valence-electron chi connectivity index (χ2n) is 3.39. The molecule has 1 aromatic heterocycles. The van der Waals surface area contributed by atoms with Gasteiger partial charge in [-0.3, -0.25) is 0 Å². The van der Waals surface area contributed by atoms with Gasteiger partial charge in [-0.15, -0.1) is 0 Å². The average Bonchev–Trinajstić information content (AvgIpc) is 2.23. The van der Waals surface area contributed by atoms with Crippen LogP contribution in [0.4, 0.5) is 5.82 Å². The summed E-state index contributed by atoms with van der Waals surface area (Å²) in [5, 5.41) is 9.56. The van der Waals surface area contributed by atoms with E-state index in [1.54, 1.807) is 18.0 Å². The number of nitriles is 1. The van der Waals surface area contributed by atoms with E-state index in [2.05, 4.69) is 11.1 Å². The molecule has 0 bridgehead atoms. The van der Waals surface area contributed by atoms with Crippen LogP contribution in [-0.2, 0) is 0 Å². The highest BCUT2D eigenvalue weighted by Crippen LogP contribution is 2.31. The molecule has 0 spiro atoms. The minimum Gasteiger partial charge on any atom is -0.355 e. The Hall–Kier alpha value is -0.690. The maximum atomic E-state index is 8.62. The SMILES string of the molecule is CC(CC#N)N(C)c1nc(Cl)c(Cl)cc1Cl. The van der Waals surface area contributed by atoms with Crippen molar-refractivity contribution in [2.45, 2.75) is 19.4 Å². The summed E-state index contributed by atoms with van der Waals surface area (Å²) in [6.45, 7) is 1.91. The molecule has 1 rings (SSSR count). The van der Waals surface area contributed by atoms with E-state index in [4.69, 9.17) is 40.1 Å². The Bertz CT molecular complexity index is 428. The molecule has 86 valence electrons. The van der Waals surface area contributed by atoms with Gasteiger partial charge in [-0.25, -0.2) is 4.98 Å². The van der Waals surface area contributed by atoms with Crippen LogP contribution in [0.15, 0.2) is 6.07 Å². The van der Waals surface area contributed by atoms with Crippen LogP contribution < -0.4 is 4.90 Å². The summed E-state index contributed by atoms with van der Waals surface area (Å²) < 4.78 is 0. The van der Waals surface area contributed by atoms with Gasteiger partial charge in [0.25, 0.3) is 0 Å². The van der Waals surface area contributed by atoms with Crippen molar-refractivity contribution < 1.29 is 0 Å². The quantitative estimate of drug-likeness (QED) is 0.790. The molecule has 0 N–H and O–H groups in total. The van der Waals surface area contributed by atoms with Gasteiger partial charge in [0.2, 0.25) is 0 Å². The predicted octanol–water partition coefficient (Wildman–Crippen LogP) is 3.78. The highest BCUT2D eigenvalue weighted by molar-refractivity contribution is 6.42. The fourth-order valence-corrected chi connectivity index (χ4v) is 1.79. The van der Waals surface area contributed by atoms with E-state index in [0.717, 1.165) is 0 Å². The van der Waals surface area contributed by atoms with Crippen LogP contribution in [0, 0.1) is 11.3 Å². The molecule has 6 heteroatoms. The molecule has 0 saturated carbocycles. The van der Waals surface area contributed by atoms with Gasteiger partial charge in [0.15, 0.2) is 0 Å². The molecule has 0 aromatic carbocycles. The molecular weight excluding hydrogens is 268 g/mol. The Kier molecular flexibility index (Phi) is 4.67. The summed E-state index contributed by atoms with van der Waals surface area (Å²) in [5.74, 6) is 0.527. The third-order valence-electron chi connectivity index (χ3n) is 2.25. The van der Waals surface area contributed by atoms with Gasteiger partial charge in [-0.05, 0) is 13.0 Å². The Morgan fingerprint density at radius 1 is 1.44 bits per heavy atom. The minimum atomic E-state index is 0.00671. The van der Waals surface area contributed by atoms with Crippen LogP contribution >= 0.6 is 34.8 Å². The lowest BCUT2D eigenvalue weighted by atomic mass is 10.2.